The van der Waals surface area contributed by atoms with Crippen LogP contribution in [-0.4, -0.2) is 65.0 Å². The maximum Gasteiger partial charge on any atom is 0.267 e. The monoisotopic (exact) mass is 472 g/mol. The standard InChI is InChI=1S/C27H28N4O4/c1-20(27(33)30-16-14-29(15-17-30)13-5-8-21-6-3-2-4-7-21)31-26(32)12-10-23(28-31)22-9-11-24-25(18-22)35-19-34-24/h2-12,18,20H,13-17,19H2,1H3/b8-5+. The number of carbonyl (C=O) groups excluding carboxylic acids is 1. The zero-order valence-electron chi connectivity index (χ0n) is 19.7. The molecule has 1 amide bonds. The van der Waals surface area contributed by atoms with Crippen molar-refractivity contribution < 1.29 is 14.3 Å². The van der Waals surface area contributed by atoms with Gasteiger partial charge in [0.2, 0.25) is 12.7 Å². The van der Waals surface area contributed by atoms with Gasteiger partial charge in [0.25, 0.3) is 5.56 Å². The van der Waals surface area contributed by atoms with E-state index in [4.69, 9.17) is 9.47 Å². The number of amides is 1. The van der Waals surface area contributed by atoms with Crippen LogP contribution >= 0.6 is 0 Å². The highest BCUT2D eigenvalue weighted by atomic mass is 16.7. The highest BCUT2D eigenvalue weighted by Gasteiger charge is 2.27. The summed E-state index contributed by atoms with van der Waals surface area (Å²) in [5.74, 6) is 1.23. The number of ether oxygens (including phenoxy) is 2. The van der Waals surface area contributed by atoms with Crippen LogP contribution in [0, 0.1) is 0 Å². The summed E-state index contributed by atoms with van der Waals surface area (Å²) in [7, 11) is 0. The second-order valence-electron chi connectivity index (χ2n) is 8.68. The first-order valence-corrected chi connectivity index (χ1v) is 11.8. The highest BCUT2D eigenvalue weighted by molar-refractivity contribution is 5.80. The van der Waals surface area contributed by atoms with Crippen molar-refractivity contribution in [3.05, 3.63) is 82.7 Å². The lowest BCUT2D eigenvalue weighted by Gasteiger charge is -2.35. The molecule has 3 heterocycles. The molecule has 0 saturated carbocycles. The van der Waals surface area contributed by atoms with Crippen LogP contribution < -0.4 is 15.0 Å². The summed E-state index contributed by atoms with van der Waals surface area (Å²) in [5, 5.41) is 4.51. The Morgan fingerprint density at radius 1 is 1.00 bits per heavy atom. The van der Waals surface area contributed by atoms with E-state index >= 15 is 0 Å². The van der Waals surface area contributed by atoms with Gasteiger partial charge in [-0.1, -0.05) is 42.5 Å². The summed E-state index contributed by atoms with van der Waals surface area (Å²) >= 11 is 0. The molecule has 2 aromatic carbocycles. The van der Waals surface area contributed by atoms with Gasteiger partial charge in [0, 0.05) is 44.4 Å². The first kappa shape index (κ1) is 22.9. The lowest BCUT2D eigenvalue weighted by molar-refractivity contribution is -0.136. The molecule has 1 aromatic heterocycles. The first-order valence-electron chi connectivity index (χ1n) is 11.8. The molecule has 8 nitrogen and oxygen atoms in total. The number of aromatic nitrogens is 2. The largest absolute Gasteiger partial charge is 0.454 e. The van der Waals surface area contributed by atoms with Crippen LogP contribution in [0.15, 0.2) is 71.5 Å². The molecule has 0 aliphatic carbocycles. The number of piperazine rings is 1. The van der Waals surface area contributed by atoms with Gasteiger partial charge in [0.1, 0.15) is 6.04 Å². The molecule has 0 N–H and O–H groups in total. The number of hydrogen-bond acceptors (Lipinski definition) is 6. The molecule has 2 aliphatic rings. The average molecular weight is 473 g/mol. The topological polar surface area (TPSA) is 76.9 Å². The van der Waals surface area contributed by atoms with Crippen LogP contribution in [0.1, 0.15) is 18.5 Å². The van der Waals surface area contributed by atoms with Gasteiger partial charge in [0.15, 0.2) is 11.5 Å². The van der Waals surface area contributed by atoms with E-state index in [0.717, 1.165) is 25.2 Å². The van der Waals surface area contributed by atoms with E-state index < -0.39 is 6.04 Å². The minimum atomic E-state index is -0.694. The fourth-order valence-corrected chi connectivity index (χ4v) is 4.33. The van der Waals surface area contributed by atoms with E-state index in [0.29, 0.717) is 30.3 Å². The van der Waals surface area contributed by atoms with E-state index in [2.05, 4.69) is 34.3 Å². The molecule has 0 bridgehead atoms. The molecular formula is C27H28N4O4. The molecular weight excluding hydrogens is 444 g/mol. The minimum Gasteiger partial charge on any atom is -0.454 e. The third kappa shape index (κ3) is 5.12. The Hall–Kier alpha value is -3.91. The smallest absolute Gasteiger partial charge is 0.267 e. The van der Waals surface area contributed by atoms with E-state index in [1.165, 1.54) is 16.3 Å². The number of benzene rings is 2. The van der Waals surface area contributed by atoms with Gasteiger partial charge in [-0.05, 0) is 36.8 Å². The van der Waals surface area contributed by atoms with Gasteiger partial charge in [-0.2, -0.15) is 5.10 Å². The zero-order valence-corrected chi connectivity index (χ0v) is 19.7. The molecule has 1 fully saturated rings. The summed E-state index contributed by atoms with van der Waals surface area (Å²) in [6, 6.07) is 18.1. The van der Waals surface area contributed by atoms with Crippen LogP contribution in [0.5, 0.6) is 11.5 Å². The minimum absolute atomic E-state index is 0.0954. The van der Waals surface area contributed by atoms with Crippen LogP contribution in [0.25, 0.3) is 17.3 Å². The third-order valence-corrected chi connectivity index (χ3v) is 6.38. The third-order valence-electron chi connectivity index (χ3n) is 6.38. The van der Waals surface area contributed by atoms with Gasteiger partial charge in [-0.15, -0.1) is 0 Å². The number of carbonyl (C=O) groups is 1. The molecule has 0 radical (unpaired) electrons. The van der Waals surface area contributed by atoms with Gasteiger partial charge >= 0.3 is 0 Å². The van der Waals surface area contributed by atoms with Crippen molar-refractivity contribution in [3.63, 3.8) is 0 Å². The number of fused-ring (bicyclic) bond motifs is 1. The molecule has 0 spiro atoms. The van der Waals surface area contributed by atoms with E-state index in [-0.39, 0.29) is 18.3 Å². The summed E-state index contributed by atoms with van der Waals surface area (Å²) in [5.41, 5.74) is 2.26. The van der Waals surface area contributed by atoms with E-state index in [1.807, 2.05) is 41.3 Å². The molecule has 180 valence electrons. The average Bonchev–Trinajstić information content (AvgIpc) is 3.37. The lowest BCUT2D eigenvalue weighted by Crippen LogP contribution is -2.51. The van der Waals surface area contributed by atoms with Crippen LogP contribution in [0.4, 0.5) is 0 Å². The molecule has 1 atom stereocenters. The van der Waals surface area contributed by atoms with Gasteiger partial charge in [-0.25, -0.2) is 4.68 Å². The van der Waals surface area contributed by atoms with Crippen molar-refractivity contribution in [2.45, 2.75) is 13.0 Å². The van der Waals surface area contributed by atoms with Crippen LogP contribution in [0.2, 0.25) is 0 Å². The van der Waals surface area contributed by atoms with Crippen molar-refractivity contribution in [1.29, 1.82) is 0 Å². The number of rotatable bonds is 6. The van der Waals surface area contributed by atoms with E-state index in [9.17, 15) is 9.59 Å². The Bertz CT molecular complexity index is 1280. The highest BCUT2D eigenvalue weighted by Crippen LogP contribution is 2.35. The number of hydrogen-bond donors (Lipinski definition) is 0. The summed E-state index contributed by atoms with van der Waals surface area (Å²) in [6.07, 6.45) is 4.27. The van der Waals surface area contributed by atoms with Gasteiger partial charge < -0.3 is 14.4 Å². The quantitative estimate of drug-likeness (QED) is 0.549. The normalized spacial score (nSPS) is 16.5. The molecule has 8 heteroatoms. The molecule has 35 heavy (non-hydrogen) atoms. The fourth-order valence-electron chi connectivity index (χ4n) is 4.33. The van der Waals surface area contributed by atoms with Crippen molar-refractivity contribution in [2.75, 3.05) is 39.5 Å². The summed E-state index contributed by atoms with van der Waals surface area (Å²) in [4.78, 5) is 29.9. The van der Waals surface area contributed by atoms with Crippen LogP contribution in [-0.2, 0) is 4.79 Å². The molecule has 1 unspecified atom stereocenters. The summed E-state index contributed by atoms with van der Waals surface area (Å²) < 4.78 is 12.1. The lowest BCUT2D eigenvalue weighted by atomic mass is 10.1. The zero-order chi connectivity index (χ0) is 24.2. The summed E-state index contributed by atoms with van der Waals surface area (Å²) in [6.45, 7) is 5.58. The molecule has 5 rings (SSSR count). The fraction of sp³-hybridized carbons (Fsp3) is 0.296. The molecule has 1 saturated heterocycles. The SMILES string of the molecule is CC(C(=O)N1CCN(C/C=C/c2ccccc2)CC1)n1nc(-c2ccc3c(c2)OCO3)ccc1=O. The Morgan fingerprint density at radius 2 is 1.77 bits per heavy atom. The molecule has 2 aliphatic heterocycles. The van der Waals surface area contributed by atoms with Crippen LogP contribution in [0.3, 0.4) is 0 Å². The Kier molecular flexibility index (Phi) is 6.63. The second-order valence-corrected chi connectivity index (χ2v) is 8.68. The molecule has 3 aromatic rings. The Morgan fingerprint density at radius 3 is 2.57 bits per heavy atom. The first-order chi connectivity index (χ1) is 17.1. The van der Waals surface area contributed by atoms with E-state index in [1.54, 1.807) is 13.0 Å². The Labute approximate surface area is 204 Å². The van der Waals surface area contributed by atoms with Crippen molar-refractivity contribution in [2.24, 2.45) is 0 Å². The maximum absolute atomic E-state index is 13.2. The van der Waals surface area contributed by atoms with Crippen molar-refractivity contribution in [1.82, 2.24) is 19.6 Å². The predicted octanol–water partition coefficient (Wildman–Crippen LogP) is 3.06. The second kappa shape index (κ2) is 10.1. The van der Waals surface area contributed by atoms with Crippen molar-refractivity contribution in [3.8, 4) is 22.8 Å². The van der Waals surface area contributed by atoms with Crippen molar-refractivity contribution >= 4 is 12.0 Å². The Balaban J connectivity index is 1.22. The maximum atomic E-state index is 13.2. The van der Waals surface area contributed by atoms with Gasteiger partial charge in [0.05, 0.1) is 5.69 Å². The predicted molar refractivity (Wildman–Crippen MR) is 133 cm³/mol. The number of nitrogens with zero attached hydrogens (tertiary/aromatic N) is 4. The van der Waals surface area contributed by atoms with Gasteiger partial charge in [-0.3, -0.25) is 14.5 Å².